The van der Waals surface area contributed by atoms with Crippen molar-refractivity contribution in [1.29, 1.82) is 0 Å². The van der Waals surface area contributed by atoms with Gasteiger partial charge in [-0.15, -0.1) is 0 Å². The molecule has 0 aromatic heterocycles. The van der Waals surface area contributed by atoms with Crippen molar-refractivity contribution >= 4 is 19.4 Å². The maximum absolute atomic E-state index is 7.09. The fraction of sp³-hybridized carbons (Fsp3) is 0.698. The number of hydrogen-bond acceptors (Lipinski definition) is 1. The standard InChI is InChI=1S/C53H90OSi/c1-5-6-7-8-9-10-11-12-13-14-15-16-17-18-19-20-21-22-23-24-25-26-27-28-29-30-31-32-33-34-35-36-37-44-49-52(53(2,3)4)54-55(50-45-40-38-41-46-50)51-47-42-39-43-48-51/h11-12,17-18,38-43,45-48,52,55H,5-10,13-16,19-37,44,49H2,1-4H3. The van der Waals surface area contributed by atoms with Gasteiger partial charge in [0, 0.05) is 0 Å². The Bertz CT molecular complexity index is 1090. The number of unbranched alkanes of at least 4 members (excludes halogenated alkanes) is 27. The van der Waals surface area contributed by atoms with Crippen molar-refractivity contribution < 1.29 is 4.43 Å². The van der Waals surface area contributed by atoms with Crippen LogP contribution in [0.1, 0.15) is 227 Å². The van der Waals surface area contributed by atoms with Crippen LogP contribution < -0.4 is 10.4 Å². The van der Waals surface area contributed by atoms with E-state index in [0.29, 0.717) is 6.10 Å². The van der Waals surface area contributed by atoms with E-state index in [9.17, 15) is 0 Å². The van der Waals surface area contributed by atoms with Gasteiger partial charge in [-0.1, -0.05) is 254 Å². The fourth-order valence-corrected chi connectivity index (χ4v) is 10.6. The van der Waals surface area contributed by atoms with E-state index in [1.54, 1.807) is 0 Å². The van der Waals surface area contributed by atoms with E-state index in [1.165, 1.54) is 209 Å². The van der Waals surface area contributed by atoms with Crippen LogP contribution in [0.15, 0.2) is 85.0 Å². The second-order valence-corrected chi connectivity index (χ2v) is 20.3. The lowest BCUT2D eigenvalue weighted by Crippen LogP contribution is -2.49. The Morgan fingerprint density at radius 3 is 1.04 bits per heavy atom. The number of benzene rings is 2. The summed E-state index contributed by atoms with van der Waals surface area (Å²) in [5.41, 5.74) is 0.150. The van der Waals surface area contributed by atoms with Crippen LogP contribution in [0.25, 0.3) is 0 Å². The molecule has 2 heteroatoms. The third-order valence-electron chi connectivity index (χ3n) is 11.6. The predicted molar refractivity (Wildman–Crippen MR) is 251 cm³/mol. The minimum atomic E-state index is -1.72. The summed E-state index contributed by atoms with van der Waals surface area (Å²) in [6.07, 6.45) is 53.1. The van der Waals surface area contributed by atoms with Gasteiger partial charge < -0.3 is 4.43 Å². The molecule has 1 atom stereocenters. The minimum Gasteiger partial charge on any atom is -0.407 e. The summed E-state index contributed by atoms with van der Waals surface area (Å²) < 4.78 is 7.09. The number of rotatable bonds is 37. The molecule has 2 rings (SSSR count). The molecule has 55 heavy (non-hydrogen) atoms. The predicted octanol–water partition coefficient (Wildman–Crippen LogP) is 16.2. The molecular weight excluding hydrogens is 681 g/mol. The quantitative estimate of drug-likeness (QED) is 0.0378. The van der Waals surface area contributed by atoms with E-state index in [-0.39, 0.29) is 5.41 Å². The molecule has 0 amide bonds. The first-order valence-electron chi connectivity index (χ1n) is 24.1. The topological polar surface area (TPSA) is 9.23 Å². The van der Waals surface area contributed by atoms with Crippen molar-refractivity contribution in [2.45, 2.75) is 233 Å². The van der Waals surface area contributed by atoms with Crippen LogP contribution in [-0.4, -0.2) is 15.1 Å². The van der Waals surface area contributed by atoms with Crippen LogP contribution in [0.3, 0.4) is 0 Å². The minimum absolute atomic E-state index is 0.150. The van der Waals surface area contributed by atoms with E-state index in [0.717, 1.165) is 0 Å². The van der Waals surface area contributed by atoms with Crippen LogP contribution in [0.4, 0.5) is 0 Å². The van der Waals surface area contributed by atoms with E-state index >= 15 is 0 Å². The van der Waals surface area contributed by atoms with Gasteiger partial charge in [-0.05, 0) is 73.6 Å². The summed E-state index contributed by atoms with van der Waals surface area (Å²) >= 11 is 0. The molecular formula is C53H90OSi. The van der Waals surface area contributed by atoms with E-state index < -0.39 is 9.04 Å². The first-order chi connectivity index (χ1) is 27.0. The highest BCUT2D eigenvalue weighted by molar-refractivity contribution is 6.80. The summed E-state index contributed by atoms with van der Waals surface area (Å²) in [6, 6.07) is 22.0. The molecule has 2 aromatic rings. The highest BCUT2D eigenvalue weighted by Gasteiger charge is 2.30. The number of allylic oxidation sites excluding steroid dienone is 4. The third-order valence-corrected chi connectivity index (χ3v) is 14.2. The maximum Gasteiger partial charge on any atom is 0.240 e. The van der Waals surface area contributed by atoms with Crippen LogP contribution in [0.5, 0.6) is 0 Å². The molecule has 0 aliphatic carbocycles. The molecule has 0 N–H and O–H groups in total. The molecule has 0 fully saturated rings. The molecule has 1 unspecified atom stereocenters. The van der Waals surface area contributed by atoms with E-state index in [4.69, 9.17) is 4.43 Å². The monoisotopic (exact) mass is 771 g/mol. The van der Waals surface area contributed by atoms with Crippen molar-refractivity contribution in [2.75, 3.05) is 0 Å². The van der Waals surface area contributed by atoms with Crippen molar-refractivity contribution in [3.8, 4) is 0 Å². The normalized spacial score (nSPS) is 12.8. The summed E-state index contributed by atoms with van der Waals surface area (Å²) in [5.74, 6) is 0. The first kappa shape index (κ1) is 49.2. The highest BCUT2D eigenvalue weighted by Crippen LogP contribution is 2.28. The van der Waals surface area contributed by atoms with Gasteiger partial charge in [0.15, 0.2) is 0 Å². The molecule has 0 saturated heterocycles. The molecule has 1 nitrogen and oxygen atoms in total. The van der Waals surface area contributed by atoms with Gasteiger partial charge in [0.2, 0.25) is 9.04 Å². The Kier molecular flexibility index (Phi) is 31.6. The highest BCUT2D eigenvalue weighted by atomic mass is 28.3. The molecule has 0 heterocycles. The molecule has 2 aromatic carbocycles. The second-order valence-electron chi connectivity index (χ2n) is 17.9. The van der Waals surface area contributed by atoms with Crippen LogP contribution >= 0.6 is 0 Å². The summed E-state index contributed by atoms with van der Waals surface area (Å²) in [7, 11) is -1.72. The van der Waals surface area contributed by atoms with Gasteiger partial charge in [0.05, 0.1) is 6.10 Å². The van der Waals surface area contributed by atoms with E-state index in [1.807, 2.05) is 0 Å². The molecule has 0 aliphatic rings. The molecule has 0 saturated carbocycles. The average molecular weight is 771 g/mol. The Morgan fingerprint density at radius 1 is 0.418 bits per heavy atom. The van der Waals surface area contributed by atoms with Crippen molar-refractivity contribution in [2.24, 2.45) is 5.41 Å². The van der Waals surface area contributed by atoms with Gasteiger partial charge in [0.25, 0.3) is 0 Å². The van der Waals surface area contributed by atoms with Crippen molar-refractivity contribution in [3.05, 3.63) is 85.0 Å². The third kappa shape index (κ3) is 28.2. The van der Waals surface area contributed by atoms with Gasteiger partial charge in [-0.3, -0.25) is 0 Å². The van der Waals surface area contributed by atoms with Crippen LogP contribution in [0, 0.1) is 5.41 Å². The van der Waals surface area contributed by atoms with Crippen molar-refractivity contribution in [1.82, 2.24) is 0 Å². The fourth-order valence-electron chi connectivity index (χ4n) is 7.93. The SMILES string of the molecule is CCCCCCCC=CCCCCC=CCCCCCCCCCCCCCCCCCCCCCC(O[SiH](c1ccccc1)c1ccccc1)C(C)(C)C. The van der Waals surface area contributed by atoms with E-state index in [2.05, 4.69) is 113 Å². The lowest BCUT2D eigenvalue weighted by Gasteiger charge is -2.34. The molecule has 0 spiro atoms. The Hall–Kier alpha value is -1.90. The summed E-state index contributed by atoms with van der Waals surface area (Å²) in [4.78, 5) is 0. The summed E-state index contributed by atoms with van der Waals surface area (Å²) in [5, 5.41) is 2.77. The molecule has 312 valence electrons. The Labute approximate surface area is 345 Å². The lowest BCUT2D eigenvalue weighted by atomic mass is 9.86. The van der Waals surface area contributed by atoms with Gasteiger partial charge in [-0.2, -0.15) is 0 Å². The number of hydrogen-bond donors (Lipinski definition) is 0. The Morgan fingerprint density at radius 2 is 0.709 bits per heavy atom. The van der Waals surface area contributed by atoms with Crippen LogP contribution in [0.2, 0.25) is 0 Å². The zero-order valence-electron chi connectivity index (χ0n) is 37.1. The lowest BCUT2D eigenvalue weighted by molar-refractivity contribution is 0.0788. The Balaban J connectivity index is 1.32. The van der Waals surface area contributed by atoms with Gasteiger partial charge in [-0.25, -0.2) is 0 Å². The first-order valence-corrected chi connectivity index (χ1v) is 25.7. The van der Waals surface area contributed by atoms with Crippen LogP contribution in [-0.2, 0) is 4.43 Å². The molecule has 0 bridgehead atoms. The molecule has 0 aliphatic heterocycles. The van der Waals surface area contributed by atoms with Gasteiger partial charge in [0.1, 0.15) is 0 Å². The molecule has 0 radical (unpaired) electrons. The maximum atomic E-state index is 7.09. The summed E-state index contributed by atoms with van der Waals surface area (Å²) in [6.45, 7) is 9.38. The average Bonchev–Trinajstić information content (AvgIpc) is 3.19. The second kappa shape index (κ2) is 35.3. The zero-order valence-corrected chi connectivity index (χ0v) is 38.2. The van der Waals surface area contributed by atoms with Crippen molar-refractivity contribution in [3.63, 3.8) is 0 Å². The smallest absolute Gasteiger partial charge is 0.240 e. The zero-order chi connectivity index (χ0) is 39.3. The van der Waals surface area contributed by atoms with Gasteiger partial charge >= 0.3 is 0 Å². The largest absolute Gasteiger partial charge is 0.407 e.